The Morgan fingerprint density at radius 3 is 2.83 bits per heavy atom. The van der Waals surface area contributed by atoms with Gasteiger partial charge in [-0.1, -0.05) is 36.6 Å². The molecule has 18 heavy (non-hydrogen) atoms. The highest BCUT2D eigenvalue weighted by Crippen LogP contribution is 2.20. The third kappa shape index (κ3) is 2.10. The van der Waals surface area contributed by atoms with Crippen LogP contribution in [0, 0.1) is 0 Å². The number of nitrogens with one attached hydrogen (secondary N) is 1. The molecule has 94 valence electrons. The molecule has 1 fully saturated rings. The van der Waals surface area contributed by atoms with Gasteiger partial charge in [0.25, 0.3) is 5.91 Å². The van der Waals surface area contributed by atoms with Crippen LogP contribution in [0.5, 0.6) is 0 Å². The van der Waals surface area contributed by atoms with Gasteiger partial charge in [-0.15, -0.1) is 0 Å². The molecular weight excluding hydrogens is 228 g/mol. The van der Waals surface area contributed by atoms with E-state index < -0.39 is 0 Å². The van der Waals surface area contributed by atoms with Crippen LogP contribution < -0.4 is 5.32 Å². The van der Waals surface area contributed by atoms with Crippen molar-refractivity contribution >= 4 is 16.9 Å². The van der Waals surface area contributed by atoms with E-state index in [1.54, 1.807) is 0 Å². The van der Waals surface area contributed by atoms with Crippen LogP contribution in [0.15, 0.2) is 28.8 Å². The van der Waals surface area contributed by atoms with Gasteiger partial charge in [0.1, 0.15) is 0 Å². The van der Waals surface area contributed by atoms with Crippen molar-refractivity contribution in [2.45, 2.75) is 38.1 Å². The lowest BCUT2D eigenvalue weighted by molar-refractivity contribution is 0.0920. The molecule has 1 aliphatic carbocycles. The number of carbonyl (C=O) groups is 1. The van der Waals surface area contributed by atoms with E-state index in [-0.39, 0.29) is 5.91 Å². The number of benzene rings is 1. The van der Waals surface area contributed by atoms with Crippen molar-refractivity contribution < 1.29 is 9.32 Å². The predicted molar refractivity (Wildman–Crippen MR) is 68.3 cm³/mol. The molecule has 1 aromatic carbocycles. The molecule has 1 aliphatic rings. The van der Waals surface area contributed by atoms with Crippen molar-refractivity contribution in [3.05, 3.63) is 30.0 Å². The molecule has 0 saturated heterocycles. The summed E-state index contributed by atoms with van der Waals surface area (Å²) in [5, 5.41) is 7.71. The topological polar surface area (TPSA) is 55.1 Å². The standard InChI is InChI=1S/C14H16N2O2/c17-14(15-10-6-2-1-3-7-10)13-11-8-4-5-9-12(11)18-16-13/h4-5,8-10H,1-3,6-7H2,(H,15,17). The average molecular weight is 244 g/mol. The second kappa shape index (κ2) is 4.80. The maximum atomic E-state index is 12.2. The Kier molecular flexibility index (Phi) is 3.00. The van der Waals surface area contributed by atoms with Crippen molar-refractivity contribution in [3.63, 3.8) is 0 Å². The molecule has 0 atom stereocenters. The van der Waals surface area contributed by atoms with Gasteiger partial charge in [0, 0.05) is 6.04 Å². The number of para-hydroxylation sites is 1. The SMILES string of the molecule is O=C(NC1CCCCC1)c1noc2ccccc12. The molecule has 4 heteroatoms. The highest BCUT2D eigenvalue weighted by molar-refractivity contribution is 6.04. The summed E-state index contributed by atoms with van der Waals surface area (Å²) in [6.07, 6.45) is 5.82. The van der Waals surface area contributed by atoms with Gasteiger partial charge in [-0.3, -0.25) is 4.79 Å². The fraction of sp³-hybridized carbons (Fsp3) is 0.429. The maximum Gasteiger partial charge on any atom is 0.274 e. The van der Waals surface area contributed by atoms with E-state index in [9.17, 15) is 4.79 Å². The van der Waals surface area contributed by atoms with Crippen LogP contribution in [0.3, 0.4) is 0 Å². The normalized spacial score (nSPS) is 16.9. The van der Waals surface area contributed by atoms with Gasteiger partial charge in [-0.25, -0.2) is 0 Å². The Labute approximate surface area is 105 Å². The quantitative estimate of drug-likeness (QED) is 0.883. The summed E-state index contributed by atoms with van der Waals surface area (Å²) < 4.78 is 5.15. The van der Waals surface area contributed by atoms with Crippen LogP contribution in [-0.4, -0.2) is 17.1 Å². The molecule has 1 aromatic heterocycles. The highest BCUT2D eigenvalue weighted by atomic mass is 16.5. The van der Waals surface area contributed by atoms with Gasteiger partial charge in [-0.05, 0) is 25.0 Å². The van der Waals surface area contributed by atoms with E-state index in [2.05, 4.69) is 10.5 Å². The largest absolute Gasteiger partial charge is 0.355 e. The van der Waals surface area contributed by atoms with Gasteiger partial charge in [0.15, 0.2) is 11.3 Å². The molecule has 0 bridgehead atoms. The Hall–Kier alpha value is -1.84. The van der Waals surface area contributed by atoms with E-state index in [4.69, 9.17) is 4.52 Å². The molecule has 0 aliphatic heterocycles. The number of rotatable bonds is 2. The van der Waals surface area contributed by atoms with Crippen LogP contribution in [-0.2, 0) is 0 Å². The molecule has 1 heterocycles. The molecule has 0 spiro atoms. The summed E-state index contributed by atoms with van der Waals surface area (Å²) in [5.74, 6) is -0.119. The van der Waals surface area contributed by atoms with Gasteiger partial charge in [0.2, 0.25) is 0 Å². The lowest BCUT2D eigenvalue weighted by atomic mass is 9.95. The van der Waals surface area contributed by atoms with Crippen LogP contribution in [0.4, 0.5) is 0 Å². The second-order valence-corrected chi connectivity index (χ2v) is 4.84. The lowest BCUT2D eigenvalue weighted by Gasteiger charge is -2.22. The zero-order chi connectivity index (χ0) is 12.4. The van der Waals surface area contributed by atoms with Crippen molar-refractivity contribution in [1.29, 1.82) is 0 Å². The number of fused-ring (bicyclic) bond motifs is 1. The van der Waals surface area contributed by atoms with E-state index in [0.29, 0.717) is 17.3 Å². The molecular formula is C14H16N2O2. The van der Waals surface area contributed by atoms with Crippen molar-refractivity contribution in [2.24, 2.45) is 0 Å². The van der Waals surface area contributed by atoms with E-state index in [1.165, 1.54) is 19.3 Å². The number of amides is 1. The Bertz CT molecular complexity index is 556. The van der Waals surface area contributed by atoms with E-state index >= 15 is 0 Å². The third-order valence-corrected chi connectivity index (χ3v) is 3.53. The Balaban J connectivity index is 1.79. The first-order valence-corrected chi connectivity index (χ1v) is 6.50. The summed E-state index contributed by atoms with van der Waals surface area (Å²) in [5.41, 5.74) is 1.06. The fourth-order valence-electron chi connectivity index (χ4n) is 2.55. The van der Waals surface area contributed by atoms with Gasteiger partial charge >= 0.3 is 0 Å². The molecule has 2 aromatic rings. The number of hydrogen-bond donors (Lipinski definition) is 1. The van der Waals surface area contributed by atoms with E-state index in [0.717, 1.165) is 18.2 Å². The minimum Gasteiger partial charge on any atom is -0.355 e. The fourth-order valence-corrected chi connectivity index (χ4v) is 2.55. The molecule has 4 nitrogen and oxygen atoms in total. The number of aromatic nitrogens is 1. The zero-order valence-corrected chi connectivity index (χ0v) is 10.2. The summed E-state index contributed by atoms with van der Waals surface area (Å²) in [6, 6.07) is 7.73. The van der Waals surface area contributed by atoms with E-state index in [1.807, 2.05) is 24.3 Å². The minimum absolute atomic E-state index is 0.119. The third-order valence-electron chi connectivity index (χ3n) is 3.53. The molecule has 1 amide bonds. The first kappa shape index (κ1) is 11.3. The van der Waals surface area contributed by atoms with Crippen molar-refractivity contribution in [1.82, 2.24) is 10.5 Å². The Morgan fingerprint density at radius 2 is 2.00 bits per heavy atom. The smallest absolute Gasteiger partial charge is 0.274 e. The number of carbonyl (C=O) groups excluding carboxylic acids is 1. The van der Waals surface area contributed by atoms with Crippen molar-refractivity contribution in [3.8, 4) is 0 Å². The van der Waals surface area contributed by atoms with Crippen LogP contribution in [0.1, 0.15) is 42.6 Å². The predicted octanol–water partition coefficient (Wildman–Crippen LogP) is 2.89. The van der Waals surface area contributed by atoms with Crippen LogP contribution >= 0.6 is 0 Å². The summed E-state index contributed by atoms with van der Waals surface area (Å²) in [4.78, 5) is 12.2. The molecule has 1 N–H and O–H groups in total. The van der Waals surface area contributed by atoms with Gasteiger partial charge in [-0.2, -0.15) is 0 Å². The number of hydrogen-bond acceptors (Lipinski definition) is 3. The monoisotopic (exact) mass is 244 g/mol. The molecule has 0 radical (unpaired) electrons. The second-order valence-electron chi connectivity index (χ2n) is 4.84. The van der Waals surface area contributed by atoms with Crippen LogP contribution in [0.25, 0.3) is 11.0 Å². The highest BCUT2D eigenvalue weighted by Gasteiger charge is 2.20. The maximum absolute atomic E-state index is 12.2. The first-order chi connectivity index (χ1) is 8.84. The molecule has 0 unspecified atom stereocenters. The van der Waals surface area contributed by atoms with Gasteiger partial charge < -0.3 is 9.84 Å². The average Bonchev–Trinajstić information content (AvgIpc) is 2.84. The Morgan fingerprint density at radius 1 is 1.22 bits per heavy atom. The summed E-state index contributed by atoms with van der Waals surface area (Å²) in [7, 11) is 0. The minimum atomic E-state index is -0.119. The zero-order valence-electron chi connectivity index (χ0n) is 10.2. The molecule has 1 saturated carbocycles. The molecule has 3 rings (SSSR count). The summed E-state index contributed by atoms with van der Waals surface area (Å²) in [6.45, 7) is 0. The lowest BCUT2D eigenvalue weighted by Crippen LogP contribution is -2.36. The number of nitrogens with zero attached hydrogens (tertiary/aromatic N) is 1. The van der Waals surface area contributed by atoms with Crippen LogP contribution in [0.2, 0.25) is 0 Å². The first-order valence-electron chi connectivity index (χ1n) is 6.50. The summed E-state index contributed by atoms with van der Waals surface area (Å²) >= 11 is 0. The van der Waals surface area contributed by atoms with Crippen molar-refractivity contribution in [2.75, 3.05) is 0 Å². The van der Waals surface area contributed by atoms with Gasteiger partial charge in [0.05, 0.1) is 5.39 Å².